The molecule has 0 saturated carbocycles. The van der Waals surface area contributed by atoms with Crippen LogP contribution in [0.1, 0.15) is 36.9 Å². The van der Waals surface area contributed by atoms with Gasteiger partial charge in [0, 0.05) is 12.6 Å². The van der Waals surface area contributed by atoms with E-state index >= 15 is 0 Å². The Kier molecular flexibility index (Phi) is 3.73. The van der Waals surface area contributed by atoms with Crippen LogP contribution < -0.4 is 5.32 Å². The fourth-order valence-corrected chi connectivity index (χ4v) is 4.17. The van der Waals surface area contributed by atoms with Gasteiger partial charge in [-0.2, -0.15) is 0 Å². The van der Waals surface area contributed by atoms with Crippen molar-refractivity contribution in [2.75, 3.05) is 19.6 Å². The minimum absolute atomic E-state index is 0.353. The molecule has 0 spiro atoms. The Morgan fingerprint density at radius 1 is 1.00 bits per heavy atom. The average Bonchev–Trinajstić information content (AvgIpc) is 3.15. The quantitative estimate of drug-likeness (QED) is 0.921. The van der Waals surface area contributed by atoms with Crippen molar-refractivity contribution in [2.45, 2.75) is 31.8 Å². The van der Waals surface area contributed by atoms with Crippen LogP contribution in [-0.2, 0) is 0 Å². The molecule has 2 nitrogen and oxygen atoms in total. The Morgan fingerprint density at radius 3 is 2.27 bits per heavy atom. The van der Waals surface area contributed by atoms with E-state index in [1.54, 1.807) is 0 Å². The summed E-state index contributed by atoms with van der Waals surface area (Å²) in [6.07, 6.45) is 2.68. The van der Waals surface area contributed by atoms with E-state index < -0.39 is 0 Å². The van der Waals surface area contributed by atoms with E-state index in [0.29, 0.717) is 12.1 Å². The number of nitrogens with zero attached hydrogens (tertiary/aromatic N) is 1. The Bertz CT molecular complexity index is 619. The summed E-state index contributed by atoms with van der Waals surface area (Å²) in [5.41, 5.74) is 5.67. The van der Waals surface area contributed by atoms with Crippen LogP contribution >= 0.6 is 0 Å². The lowest BCUT2D eigenvalue weighted by Gasteiger charge is -2.25. The zero-order chi connectivity index (χ0) is 14.9. The normalized spacial score (nSPS) is 21.0. The summed E-state index contributed by atoms with van der Waals surface area (Å²) >= 11 is 0. The van der Waals surface area contributed by atoms with E-state index in [9.17, 15) is 0 Å². The topological polar surface area (TPSA) is 15.3 Å². The van der Waals surface area contributed by atoms with Crippen molar-refractivity contribution in [3.05, 3.63) is 59.7 Å². The van der Waals surface area contributed by atoms with Gasteiger partial charge in [0.1, 0.15) is 0 Å². The molecule has 0 aromatic heterocycles. The SMILES string of the molecule is CCN1CCCC1CNC1c2ccccc2-c2ccccc21. The van der Waals surface area contributed by atoms with Crippen molar-refractivity contribution in [1.82, 2.24) is 10.2 Å². The molecule has 4 rings (SSSR count). The third-order valence-electron chi connectivity index (χ3n) is 5.30. The Morgan fingerprint density at radius 2 is 1.64 bits per heavy atom. The molecule has 1 saturated heterocycles. The van der Waals surface area contributed by atoms with Crippen LogP contribution in [0.4, 0.5) is 0 Å². The van der Waals surface area contributed by atoms with Gasteiger partial charge in [0.15, 0.2) is 0 Å². The molecule has 1 N–H and O–H groups in total. The van der Waals surface area contributed by atoms with Crippen molar-refractivity contribution in [2.24, 2.45) is 0 Å². The molecule has 1 heterocycles. The van der Waals surface area contributed by atoms with Crippen molar-refractivity contribution in [3.8, 4) is 11.1 Å². The fourth-order valence-electron chi connectivity index (χ4n) is 4.17. The Hall–Kier alpha value is -1.64. The maximum Gasteiger partial charge on any atom is 0.0589 e. The fraction of sp³-hybridized carbons (Fsp3) is 0.400. The third kappa shape index (κ3) is 2.27. The number of rotatable bonds is 4. The van der Waals surface area contributed by atoms with Gasteiger partial charge in [-0.3, -0.25) is 4.90 Å². The first-order valence-electron chi connectivity index (χ1n) is 8.54. The number of likely N-dealkylation sites (tertiary alicyclic amines) is 1. The predicted octanol–water partition coefficient (Wildman–Crippen LogP) is 3.83. The van der Waals surface area contributed by atoms with Crippen LogP contribution in [0.3, 0.4) is 0 Å². The van der Waals surface area contributed by atoms with Gasteiger partial charge in [-0.25, -0.2) is 0 Å². The summed E-state index contributed by atoms with van der Waals surface area (Å²) in [7, 11) is 0. The molecule has 114 valence electrons. The maximum atomic E-state index is 3.86. The highest BCUT2D eigenvalue weighted by Gasteiger charge is 2.29. The van der Waals surface area contributed by atoms with Gasteiger partial charge in [0.2, 0.25) is 0 Å². The van der Waals surface area contributed by atoms with Crippen molar-refractivity contribution in [1.29, 1.82) is 0 Å². The number of likely N-dealkylation sites (N-methyl/N-ethyl adjacent to an activating group) is 1. The summed E-state index contributed by atoms with van der Waals surface area (Å²) in [6.45, 7) is 5.80. The van der Waals surface area contributed by atoms with E-state index in [2.05, 4.69) is 65.7 Å². The first kappa shape index (κ1) is 14.0. The van der Waals surface area contributed by atoms with Gasteiger partial charge in [-0.1, -0.05) is 55.5 Å². The second-order valence-electron chi connectivity index (χ2n) is 6.44. The summed E-state index contributed by atoms with van der Waals surface area (Å²) in [5.74, 6) is 0. The van der Waals surface area contributed by atoms with Crippen molar-refractivity contribution >= 4 is 0 Å². The summed E-state index contributed by atoms with van der Waals surface area (Å²) < 4.78 is 0. The Labute approximate surface area is 133 Å². The van der Waals surface area contributed by atoms with Gasteiger partial charge in [0.25, 0.3) is 0 Å². The van der Waals surface area contributed by atoms with Crippen LogP contribution in [0.5, 0.6) is 0 Å². The molecule has 1 fully saturated rings. The molecule has 2 heteroatoms. The molecule has 2 aromatic rings. The van der Waals surface area contributed by atoms with E-state index in [1.165, 1.54) is 48.2 Å². The van der Waals surface area contributed by atoms with Crippen molar-refractivity contribution < 1.29 is 0 Å². The van der Waals surface area contributed by atoms with Gasteiger partial charge in [-0.15, -0.1) is 0 Å². The summed E-state index contributed by atoms with van der Waals surface area (Å²) in [5, 5.41) is 3.86. The number of hydrogen-bond acceptors (Lipinski definition) is 2. The molecule has 0 bridgehead atoms. The molecule has 1 unspecified atom stereocenters. The first-order valence-corrected chi connectivity index (χ1v) is 8.54. The standard InChI is InChI=1S/C20H24N2/c1-2-22-13-7-8-15(22)14-21-20-18-11-5-3-9-16(18)17-10-4-6-12-19(17)20/h3-6,9-12,15,20-21H,2,7-8,13-14H2,1H3. The molecular formula is C20H24N2. The highest BCUT2D eigenvalue weighted by molar-refractivity contribution is 5.78. The summed E-state index contributed by atoms with van der Waals surface area (Å²) in [6, 6.07) is 18.7. The molecule has 1 atom stereocenters. The highest BCUT2D eigenvalue weighted by Crippen LogP contribution is 2.43. The van der Waals surface area contributed by atoms with E-state index in [4.69, 9.17) is 0 Å². The molecule has 1 aliphatic heterocycles. The van der Waals surface area contributed by atoms with Crippen LogP contribution in [0.25, 0.3) is 11.1 Å². The first-order chi connectivity index (χ1) is 10.9. The molecule has 2 aliphatic rings. The molecule has 0 amide bonds. The second-order valence-corrected chi connectivity index (χ2v) is 6.44. The van der Waals surface area contributed by atoms with Crippen LogP contribution in [0, 0.1) is 0 Å². The lowest BCUT2D eigenvalue weighted by Crippen LogP contribution is -2.39. The second kappa shape index (κ2) is 5.86. The number of fused-ring (bicyclic) bond motifs is 3. The molecule has 22 heavy (non-hydrogen) atoms. The minimum Gasteiger partial charge on any atom is -0.305 e. The lowest BCUT2D eigenvalue weighted by molar-refractivity contribution is 0.257. The predicted molar refractivity (Wildman–Crippen MR) is 92.0 cm³/mol. The van der Waals surface area contributed by atoms with Gasteiger partial charge in [-0.05, 0) is 48.2 Å². The van der Waals surface area contributed by atoms with Crippen LogP contribution in [0.2, 0.25) is 0 Å². The van der Waals surface area contributed by atoms with Crippen LogP contribution in [-0.4, -0.2) is 30.6 Å². The van der Waals surface area contributed by atoms with Gasteiger partial charge < -0.3 is 5.32 Å². The van der Waals surface area contributed by atoms with E-state index in [-0.39, 0.29) is 0 Å². The van der Waals surface area contributed by atoms with E-state index in [1.807, 2.05) is 0 Å². The number of benzene rings is 2. The van der Waals surface area contributed by atoms with Crippen LogP contribution in [0.15, 0.2) is 48.5 Å². The monoisotopic (exact) mass is 292 g/mol. The van der Waals surface area contributed by atoms with E-state index in [0.717, 1.165) is 6.54 Å². The zero-order valence-corrected chi connectivity index (χ0v) is 13.3. The highest BCUT2D eigenvalue weighted by atomic mass is 15.2. The third-order valence-corrected chi connectivity index (χ3v) is 5.30. The Balaban J connectivity index is 1.59. The van der Waals surface area contributed by atoms with Crippen molar-refractivity contribution in [3.63, 3.8) is 0 Å². The zero-order valence-electron chi connectivity index (χ0n) is 13.3. The van der Waals surface area contributed by atoms with Gasteiger partial charge in [0.05, 0.1) is 6.04 Å². The molecular weight excluding hydrogens is 268 g/mol. The molecule has 2 aromatic carbocycles. The lowest BCUT2D eigenvalue weighted by atomic mass is 10.0. The largest absolute Gasteiger partial charge is 0.305 e. The minimum atomic E-state index is 0.353. The number of hydrogen-bond donors (Lipinski definition) is 1. The number of nitrogens with one attached hydrogen (secondary N) is 1. The summed E-state index contributed by atoms with van der Waals surface area (Å²) in [4.78, 5) is 2.61. The average molecular weight is 292 g/mol. The maximum absolute atomic E-state index is 3.86. The molecule has 1 aliphatic carbocycles. The van der Waals surface area contributed by atoms with Gasteiger partial charge >= 0.3 is 0 Å². The molecule has 0 radical (unpaired) electrons. The smallest absolute Gasteiger partial charge is 0.0589 e.